The molecule has 2 N–H and O–H groups in total. The normalized spacial score (nSPS) is 9.92. The lowest BCUT2D eigenvalue weighted by Gasteiger charge is -2.07. The van der Waals surface area contributed by atoms with Crippen molar-refractivity contribution >= 4 is 23.2 Å². The van der Waals surface area contributed by atoms with E-state index in [9.17, 15) is 29.8 Å². The molecular weight excluding hydrogens is 332 g/mol. The van der Waals surface area contributed by atoms with Gasteiger partial charge in [0.25, 0.3) is 17.3 Å². The number of nitrogens with zero attached hydrogens (tertiary/aromatic N) is 2. The summed E-state index contributed by atoms with van der Waals surface area (Å²) < 4.78 is 0. The number of hydrogen-bond acceptors (Lipinski definition) is 6. The van der Waals surface area contributed by atoms with Crippen molar-refractivity contribution in [2.24, 2.45) is 0 Å². The summed E-state index contributed by atoms with van der Waals surface area (Å²) in [4.78, 5) is 43.6. The maximum absolute atomic E-state index is 12.0. The van der Waals surface area contributed by atoms with E-state index in [1.165, 1.54) is 0 Å². The number of non-ortho nitro benzene ring substituents is 2. The van der Waals surface area contributed by atoms with E-state index in [1.54, 1.807) is 30.3 Å². The summed E-state index contributed by atoms with van der Waals surface area (Å²) in [5, 5.41) is 21.6. The first kappa shape index (κ1) is 17.5. The van der Waals surface area contributed by atoms with Crippen molar-refractivity contribution in [3.05, 3.63) is 79.9 Å². The third-order valence-electron chi connectivity index (χ3n) is 3.11. The van der Waals surface area contributed by atoms with Gasteiger partial charge in [-0.25, -0.2) is 0 Å². The maximum Gasteiger partial charge on any atom is 0.277 e. The smallest absolute Gasteiger partial charge is 0.273 e. The molecule has 0 heterocycles. The van der Waals surface area contributed by atoms with Crippen LogP contribution in [0, 0.1) is 20.2 Å². The molecule has 2 rings (SSSR count). The fourth-order valence-electron chi connectivity index (χ4n) is 1.96. The second-order valence-electron chi connectivity index (χ2n) is 4.92. The summed E-state index contributed by atoms with van der Waals surface area (Å²) in [6.07, 6.45) is 0.0101. The van der Waals surface area contributed by atoms with Crippen LogP contribution in [-0.2, 0) is 11.2 Å². The minimum atomic E-state index is -0.909. The van der Waals surface area contributed by atoms with Crippen LogP contribution in [0.5, 0.6) is 0 Å². The van der Waals surface area contributed by atoms with Crippen LogP contribution in [0.3, 0.4) is 0 Å². The Morgan fingerprint density at radius 1 is 0.880 bits per heavy atom. The molecule has 0 aromatic heterocycles. The van der Waals surface area contributed by atoms with Gasteiger partial charge in [-0.1, -0.05) is 30.3 Å². The van der Waals surface area contributed by atoms with Gasteiger partial charge in [-0.05, 0) is 5.56 Å². The third-order valence-corrected chi connectivity index (χ3v) is 3.11. The van der Waals surface area contributed by atoms with Gasteiger partial charge >= 0.3 is 0 Å². The number of rotatable bonds is 5. The number of benzene rings is 2. The molecule has 0 unspecified atom stereocenters. The van der Waals surface area contributed by atoms with Crippen molar-refractivity contribution in [3.8, 4) is 0 Å². The van der Waals surface area contributed by atoms with Gasteiger partial charge < -0.3 is 0 Å². The van der Waals surface area contributed by atoms with Crippen LogP contribution in [0.25, 0.3) is 0 Å². The van der Waals surface area contributed by atoms with Crippen molar-refractivity contribution in [1.82, 2.24) is 10.9 Å². The molecule has 10 heteroatoms. The molecule has 2 aromatic carbocycles. The van der Waals surface area contributed by atoms with Gasteiger partial charge in [0.2, 0.25) is 5.91 Å². The highest BCUT2D eigenvalue weighted by Gasteiger charge is 2.20. The zero-order chi connectivity index (χ0) is 18.4. The predicted octanol–water partition coefficient (Wildman–Crippen LogP) is 1.51. The lowest BCUT2D eigenvalue weighted by Crippen LogP contribution is -2.42. The number of nitro benzene ring substituents is 2. The number of nitrogens with one attached hydrogen (secondary N) is 2. The van der Waals surface area contributed by atoms with Crippen LogP contribution in [0.1, 0.15) is 15.9 Å². The number of carbonyl (C=O) groups excluding carboxylic acids is 2. The molecule has 128 valence electrons. The average Bonchev–Trinajstić information content (AvgIpc) is 2.60. The monoisotopic (exact) mass is 344 g/mol. The van der Waals surface area contributed by atoms with Crippen molar-refractivity contribution in [3.63, 3.8) is 0 Å². The summed E-state index contributed by atoms with van der Waals surface area (Å²) in [6.45, 7) is 0. The van der Waals surface area contributed by atoms with Crippen LogP contribution < -0.4 is 10.9 Å². The number of hydrogen-bond donors (Lipinski definition) is 2. The highest BCUT2D eigenvalue weighted by molar-refractivity contribution is 5.96. The summed E-state index contributed by atoms with van der Waals surface area (Å²) >= 11 is 0. The molecule has 0 radical (unpaired) electrons. The minimum absolute atomic E-state index is 0.0101. The number of carbonyl (C=O) groups is 2. The first-order valence-corrected chi connectivity index (χ1v) is 6.94. The number of hydrazine groups is 1. The first-order chi connectivity index (χ1) is 11.9. The molecule has 10 nitrogen and oxygen atoms in total. The molecular formula is C15H12N4O6. The molecule has 0 atom stereocenters. The molecule has 0 aliphatic carbocycles. The molecule has 0 saturated carbocycles. The Hall–Kier alpha value is -3.82. The van der Waals surface area contributed by atoms with E-state index in [-0.39, 0.29) is 12.0 Å². The highest BCUT2D eigenvalue weighted by atomic mass is 16.6. The Morgan fingerprint density at radius 2 is 1.44 bits per heavy atom. The Labute approximate surface area is 140 Å². The van der Waals surface area contributed by atoms with Crippen LogP contribution in [0.15, 0.2) is 48.5 Å². The molecule has 0 saturated heterocycles. The van der Waals surface area contributed by atoms with Gasteiger partial charge in [-0.2, -0.15) is 0 Å². The number of nitro groups is 2. The predicted molar refractivity (Wildman–Crippen MR) is 85.5 cm³/mol. The third kappa shape index (κ3) is 4.82. The van der Waals surface area contributed by atoms with Crippen molar-refractivity contribution in [2.75, 3.05) is 0 Å². The quantitative estimate of drug-likeness (QED) is 0.621. The minimum Gasteiger partial charge on any atom is -0.273 e. The van der Waals surface area contributed by atoms with Crippen LogP contribution >= 0.6 is 0 Å². The van der Waals surface area contributed by atoms with Gasteiger partial charge in [-0.3, -0.25) is 40.7 Å². The zero-order valence-corrected chi connectivity index (χ0v) is 12.7. The Bertz CT molecular complexity index is 805. The average molecular weight is 344 g/mol. The van der Waals surface area contributed by atoms with Gasteiger partial charge in [0, 0.05) is 12.1 Å². The van der Waals surface area contributed by atoms with Crippen molar-refractivity contribution < 1.29 is 19.4 Å². The van der Waals surface area contributed by atoms with Gasteiger partial charge in [0.05, 0.1) is 27.9 Å². The van der Waals surface area contributed by atoms with Crippen LogP contribution in [0.2, 0.25) is 0 Å². The van der Waals surface area contributed by atoms with E-state index in [0.717, 1.165) is 23.8 Å². The molecule has 0 fully saturated rings. The fourth-order valence-corrected chi connectivity index (χ4v) is 1.96. The lowest BCUT2D eigenvalue weighted by molar-refractivity contribution is -0.394. The molecule has 0 aliphatic heterocycles. The maximum atomic E-state index is 12.0. The fraction of sp³-hybridized carbons (Fsp3) is 0.0667. The second kappa shape index (κ2) is 7.64. The first-order valence-electron chi connectivity index (χ1n) is 6.94. The molecule has 2 aromatic rings. The topological polar surface area (TPSA) is 144 Å². The second-order valence-corrected chi connectivity index (χ2v) is 4.92. The Kier molecular flexibility index (Phi) is 5.36. The largest absolute Gasteiger partial charge is 0.277 e. The van der Waals surface area contributed by atoms with Gasteiger partial charge in [0.1, 0.15) is 0 Å². The standard InChI is InChI=1S/C15H12N4O6/c20-14(6-10-4-2-1-3-5-10)16-17-15(21)11-7-12(18(22)23)9-13(8-11)19(24)25/h1-5,7-9H,6H2,(H,16,20)(H,17,21). The molecule has 25 heavy (non-hydrogen) atoms. The van der Waals surface area contributed by atoms with Crippen molar-refractivity contribution in [1.29, 1.82) is 0 Å². The molecule has 0 bridgehead atoms. The summed E-state index contributed by atoms with van der Waals surface area (Å²) in [5.41, 5.74) is 3.42. The van der Waals surface area contributed by atoms with E-state index in [2.05, 4.69) is 10.9 Å². The summed E-state index contributed by atoms with van der Waals surface area (Å²) in [7, 11) is 0. The SMILES string of the molecule is O=C(Cc1ccccc1)NNC(=O)c1cc([N+](=O)[O-])cc([N+](=O)[O-])c1. The Morgan fingerprint density at radius 3 is 1.96 bits per heavy atom. The van der Waals surface area contributed by atoms with E-state index in [1.807, 2.05) is 0 Å². The summed E-state index contributed by atoms with van der Waals surface area (Å²) in [5.74, 6) is -1.42. The molecule has 2 amide bonds. The highest BCUT2D eigenvalue weighted by Crippen LogP contribution is 2.22. The van der Waals surface area contributed by atoms with Crippen LogP contribution in [-0.4, -0.2) is 21.7 Å². The van der Waals surface area contributed by atoms with Gasteiger partial charge in [0.15, 0.2) is 0 Å². The van der Waals surface area contributed by atoms with E-state index in [4.69, 9.17) is 0 Å². The van der Waals surface area contributed by atoms with E-state index in [0.29, 0.717) is 0 Å². The van der Waals surface area contributed by atoms with Crippen LogP contribution in [0.4, 0.5) is 11.4 Å². The zero-order valence-electron chi connectivity index (χ0n) is 12.7. The van der Waals surface area contributed by atoms with Crippen molar-refractivity contribution in [2.45, 2.75) is 6.42 Å². The Balaban J connectivity index is 2.06. The van der Waals surface area contributed by atoms with E-state index < -0.39 is 33.0 Å². The van der Waals surface area contributed by atoms with E-state index >= 15 is 0 Å². The number of amides is 2. The van der Waals surface area contributed by atoms with Gasteiger partial charge in [-0.15, -0.1) is 0 Å². The molecule has 0 spiro atoms. The molecule has 0 aliphatic rings. The lowest BCUT2D eigenvalue weighted by atomic mass is 10.1. The summed E-state index contributed by atoms with van der Waals surface area (Å²) in [6, 6.07) is 11.3.